The van der Waals surface area contributed by atoms with Crippen molar-refractivity contribution in [2.75, 3.05) is 0 Å². The van der Waals surface area contributed by atoms with Crippen LogP contribution in [0.15, 0.2) is 60.0 Å². The van der Waals surface area contributed by atoms with E-state index in [1.807, 2.05) is 69.6 Å². The van der Waals surface area contributed by atoms with Gasteiger partial charge in [-0.2, -0.15) is 0 Å². The standard InChI is InChI=1S/C20H22N4O2/c1-20(2,3)24(19(25)26)14-22-17-6-4-15(5-7-17)13-23-11-9-16-12-21-10-8-18(16)23/h4-12,14H,13H2,1-3H3,(H,25,26). The van der Waals surface area contributed by atoms with E-state index in [4.69, 9.17) is 0 Å². The van der Waals surface area contributed by atoms with Gasteiger partial charge in [0.1, 0.15) is 6.34 Å². The molecule has 2 aromatic heterocycles. The summed E-state index contributed by atoms with van der Waals surface area (Å²) < 4.78 is 2.17. The summed E-state index contributed by atoms with van der Waals surface area (Å²) in [5.41, 5.74) is 2.46. The second-order valence-corrected chi connectivity index (χ2v) is 7.11. The highest BCUT2D eigenvalue weighted by molar-refractivity contribution is 5.83. The van der Waals surface area contributed by atoms with Gasteiger partial charge >= 0.3 is 6.09 Å². The van der Waals surface area contributed by atoms with Crippen molar-refractivity contribution in [3.05, 3.63) is 60.6 Å². The van der Waals surface area contributed by atoms with Crippen LogP contribution in [0.3, 0.4) is 0 Å². The molecule has 0 atom stereocenters. The maximum atomic E-state index is 11.3. The molecule has 26 heavy (non-hydrogen) atoms. The van der Waals surface area contributed by atoms with Gasteiger partial charge in [0.25, 0.3) is 0 Å². The lowest BCUT2D eigenvalue weighted by atomic mass is 10.1. The molecule has 2 heterocycles. The zero-order valence-corrected chi connectivity index (χ0v) is 15.1. The van der Waals surface area contributed by atoms with Crippen LogP contribution in [-0.4, -0.2) is 37.5 Å². The van der Waals surface area contributed by atoms with Crippen LogP contribution >= 0.6 is 0 Å². The minimum Gasteiger partial charge on any atom is -0.465 e. The van der Waals surface area contributed by atoms with Crippen molar-refractivity contribution in [2.45, 2.75) is 32.9 Å². The first-order valence-electron chi connectivity index (χ1n) is 8.39. The molecule has 1 amide bonds. The number of benzene rings is 1. The summed E-state index contributed by atoms with van der Waals surface area (Å²) in [4.78, 5) is 21.0. The Morgan fingerprint density at radius 3 is 2.62 bits per heavy atom. The minimum absolute atomic E-state index is 0.542. The molecule has 0 saturated carbocycles. The lowest BCUT2D eigenvalue weighted by Crippen LogP contribution is -2.43. The number of fused-ring (bicyclic) bond motifs is 1. The van der Waals surface area contributed by atoms with Crippen LogP contribution in [0.1, 0.15) is 26.3 Å². The number of amides is 1. The maximum absolute atomic E-state index is 11.3. The quantitative estimate of drug-likeness (QED) is 0.555. The first-order valence-corrected chi connectivity index (χ1v) is 8.39. The molecule has 3 rings (SSSR count). The molecule has 1 N–H and O–H groups in total. The van der Waals surface area contributed by atoms with Gasteiger partial charge in [-0.1, -0.05) is 12.1 Å². The zero-order chi connectivity index (χ0) is 18.7. The summed E-state index contributed by atoms with van der Waals surface area (Å²) in [5, 5.41) is 10.4. The van der Waals surface area contributed by atoms with E-state index in [-0.39, 0.29) is 0 Å². The van der Waals surface area contributed by atoms with Crippen LogP contribution in [0.5, 0.6) is 0 Å². The average molecular weight is 350 g/mol. The molecular weight excluding hydrogens is 328 g/mol. The van der Waals surface area contributed by atoms with Gasteiger partial charge in [0.2, 0.25) is 0 Å². The summed E-state index contributed by atoms with van der Waals surface area (Å²) >= 11 is 0. The molecule has 3 aromatic rings. The van der Waals surface area contributed by atoms with Gasteiger partial charge in [-0.05, 0) is 50.6 Å². The third kappa shape index (κ3) is 3.91. The number of aliphatic imine (C=N–C) groups is 1. The third-order valence-electron chi connectivity index (χ3n) is 4.11. The number of carbonyl (C=O) groups is 1. The highest BCUT2D eigenvalue weighted by atomic mass is 16.4. The number of rotatable bonds is 4. The van der Waals surface area contributed by atoms with Crippen LogP contribution < -0.4 is 0 Å². The van der Waals surface area contributed by atoms with Crippen molar-refractivity contribution in [3.63, 3.8) is 0 Å². The normalized spacial score (nSPS) is 12.0. The minimum atomic E-state index is -1.02. The van der Waals surface area contributed by atoms with Gasteiger partial charge in [-0.3, -0.25) is 9.88 Å². The van der Waals surface area contributed by atoms with Gasteiger partial charge in [-0.25, -0.2) is 9.79 Å². The topological polar surface area (TPSA) is 70.7 Å². The highest BCUT2D eigenvalue weighted by Crippen LogP contribution is 2.19. The molecule has 134 valence electrons. The average Bonchev–Trinajstić information content (AvgIpc) is 2.98. The van der Waals surface area contributed by atoms with E-state index in [0.29, 0.717) is 5.69 Å². The molecule has 0 saturated heterocycles. The van der Waals surface area contributed by atoms with E-state index < -0.39 is 11.6 Å². The van der Waals surface area contributed by atoms with Crippen molar-refractivity contribution in [1.82, 2.24) is 14.5 Å². The van der Waals surface area contributed by atoms with Crippen molar-refractivity contribution in [1.29, 1.82) is 0 Å². The lowest BCUT2D eigenvalue weighted by Gasteiger charge is -2.28. The number of hydrogen-bond acceptors (Lipinski definition) is 3. The monoisotopic (exact) mass is 350 g/mol. The van der Waals surface area contributed by atoms with Crippen LogP contribution in [0.2, 0.25) is 0 Å². The second kappa shape index (κ2) is 7.00. The maximum Gasteiger partial charge on any atom is 0.413 e. The molecule has 0 unspecified atom stereocenters. The van der Waals surface area contributed by atoms with E-state index in [1.165, 1.54) is 11.2 Å². The van der Waals surface area contributed by atoms with E-state index in [1.54, 1.807) is 6.20 Å². The molecule has 0 aliphatic rings. The molecule has 0 aliphatic carbocycles. The molecule has 6 nitrogen and oxygen atoms in total. The Morgan fingerprint density at radius 1 is 1.23 bits per heavy atom. The van der Waals surface area contributed by atoms with Crippen LogP contribution in [0.4, 0.5) is 10.5 Å². The van der Waals surface area contributed by atoms with E-state index in [9.17, 15) is 9.90 Å². The van der Waals surface area contributed by atoms with Gasteiger partial charge in [0, 0.05) is 36.1 Å². The van der Waals surface area contributed by atoms with Crippen LogP contribution in [0, 0.1) is 0 Å². The van der Waals surface area contributed by atoms with Gasteiger partial charge in [-0.15, -0.1) is 0 Å². The van der Waals surface area contributed by atoms with Gasteiger partial charge < -0.3 is 9.67 Å². The smallest absolute Gasteiger partial charge is 0.413 e. The Labute approximate surface area is 152 Å². The van der Waals surface area contributed by atoms with Crippen LogP contribution in [-0.2, 0) is 6.54 Å². The van der Waals surface area contributed by atoms with Gasteiger partial charge in [0.15, 0.2) is 0 Å². The number of aromatic nitrogens is 2. The summed E-state index contributed by atoms with van der Waals surface area (Å²) in [7, 11) is 0. The molecule has 0 fully saturated rings. The third-order valence-corrected chi connectivity index (χ3v) is 4.11. The van der Waals surface area contributed by atoms with E-state index >= 15 is 0 Å². The Hall–Kier alpha value is -3.15. The molecular formula is C20H22N4O2. The Morgan fingerprint density at radius 2 is 1.96 bits per heavy atom. The predicted molar refractivity (Wildman–Crippen MR) is 103 cm³/mol. The van der Waals surface area contributed by atoms with E-state index in [0.717, 1.165) is 23.0 Å². The molecule has 0 bridgehead atoms. The number of pyridine rings is 1. The summed E-state index contributed by atoms with van der Waals surface area (Å²) in [6.07, 6.45) is 6.04. The first-order chi connectivity index (χ1) is 12.3. The fourth-order valence-electron chi connectivity index (χ4n) is 2.70. The molecule has 0 aliphatic heterocycles. The summed E-state index contributed by atoms with van der Waals surface area (Å²) in [5.74, 6) is 0. The zero-order valence-electron chi connectivity index (χ0n) is 15.1. The molecule has 0 radical (unpaired) electrons. The lowest BCUT2D eigenvalue weighted by molar-refractivity contribution is 0.143. The SMILES string of the molecule is CC(C)(C)N(C=Nc1ccc(Cn2ccc3cnccc32)cc1)C(=O)O. The van der Waals surface area contributed by atoms with Crippen molar-refractivity contribution >= 4 is 29.0 Å². The van der Waals surface area contributed by atoms with Crippen molar-refractivity contribution in [2.24, 2.45) is 4.99 Å². The van der Waals surface area contributed by atoms with E-state index in [2.05, 4.69) is 14.5 Å². The number of carboxylic acid groups (broad SMARTS) is 1. The fourth-order valence-corrected chi connectivity index (χ4v) is 2.70. The molecule has 6 heteroatoms. The van der Waals surface area contributed by atoms with Crippen molar-refractivity contribution in [3.8, 4) is 0 Å². The summed E-state index contributed by atoms with van der Waals surface area (Å²) in [6.45, 7) is 6.23. The predicted octanol–water partition coefficient (Wildman–Crippen LogP) is 4.52. The molecule has 0 spiro atoms. The number of nitrogens with zero attached hydrogens (tertiary/aromatic N) is 4. The second-order valence-electron chi connectivity index (χ2n) is 7.11. The Balaban J connectivity index is 1.74. The first kappa shape index (κ1) is 17.7. The van der Waals surface area contributed by atoms with Crippen LogP contribution in [0.25, 0.3) is 10.9 Å². The Bertz CT molecular complexity index is 936. The molecule has 1 aromatic carbocycles. The van der Waals surface area contributed by atoms with Crippen molar-refractivity contribution < 1.29 is 9.90 Å². The fraction of sp³-hybridized carbons (Fsp3) is 0.250. The largest absolute Gasteiger partial charge is 0.465 e. The Kier molecular flexibility index (Phi) is 4.75. The van der Waals surface area contributed by atoms with Gasteiger partial charge in [0.05, 0.1) is 11.2 Å². The highest BCUT2D eigenvalue weighted by Gasteiger charge is 2.24. The summed E-state index contributed by atoms with van der Waals surface area (Å²) in [6, 6.07) is 11.8. The number of hydrogen-bond donors (Lipinski definition) is 1.